The molecule has 14 nitrogen and oxygen atoms in total. The average molecular weight is 851 g/mol. The van der Waals surface area contributed by atoms with Gasteiger partial charge in [0, 0.05) is 13.1 Å². The van der Waals surface area contributed by atoms with Crippen molar-refractivity contribution in [3.8, 4) is 59.3 Å². The number of ether oxygens (including phenoxy) is 2. The number of nitrogens with zero attached hydrogens (tertiary/aromatic N) is 4. The summed E-state index contributed by atoms with van der Waals surface area (Å²) in [4.78, 5) is 68.5. The number of fused-ring (bicyclic) bond motifs is 3. The molecule has 0 unspecified atom stereocenters. The molecule has 4 amide bonds. The molecule has 6 rings (SSSR count). The van der Waals surface area contributed by atoms with Crippen LogP contribution in [0.4, 0.5) is 9.59 Å². The Hall–Kier alpha value is -6.54. The number of aromatic amines is 2. The van der Waals surface area contributed by atoms with Crippen molar-refractivity contribution in [3.05, 3.63) is 71.6 Å². The number of hydrogen-bond donors (Lipinski definition) is 4. The Kier molecular flexibility index (Phi) is 22.7. The van der Waals surface area contributed by atoms with Crippen molar-refractivity contribution < 1.29 is 28.7 Å². The van der Waals surface area contributed by atoms with Crippen molar-refractivity contribution >= 4 is 24.0 Å². The highest BCUT2D eigenvalue weighted by atomic mass is 16.5. The van der Waals surface area contributed by atoms with Gasteiger partial charge in [0.05, 0.1) is 50.6 Å². The summed E-state index contributed by atoms with van der Waals surface area (Å²) in [7, 11) is 2.54. The van der Waals surface area contributed by atoms with E-state index in [1.807, 2.05) is 18.0 Å². The van der Waals surface area contributed by atoms with E-state index in [9.17, 15) is 19.2 Å². The van der Waals surface area contributed by atoms with Crippen LogP contribution in [0.1, 0.15) is 102 Å². The molecule has 0 spiro atoms. The van der Waals surface area contributed by atoms with Crippen molar-refractivity contribution in [1.82, 2.24) is 40.4 Å². The molecule has 2 aliphatic rings. The van der Waals surface area contributed by atoms with Crippen LogP contribution in [0.3, 0.4) is 0 Å². The summed E-state index contributed by atoms with van der Waals surface area (Å²) >= 11 is 0. The Morgan fingerprint density at radius 2 is 1.29 bits per heavy atom. The minimum atomic E-state index is -0.645. The maximum absolute atomic E-state index is 13.1. The number of carbonyl (C=O) groups is 4. The van der Waals surface area contributed by atoms with Crippen LogP contribution in [-0.4, -0.2) is 94.1 Å². The van der Waals surface area contributed by atoms with Gasteiger partial charge in [0.1, 0.15) is 24.7 Å². The van der Waals surface area contributed by atoms with E-state index in [0.29, 0.717) is 25.5 Å². The maximum atomic E-state index is 13.1. The van der Waals surface area contributed by atoms with Crippen LogP contribution in [-0.2, 0) is 38.4 Å². The number of amides is 4. The maximum Gasteiger partial charge on any atom is 0.407 e. The van der Waals surface area contributed by atoms with Gasteiger partial charge in [0.25, 0.3) is 0 Å². The van der Waals surface area contributed by atoms with Crippen LogP contribution in [0.25, 0.3) is 33.6 Å². The van der Waals surface area contributed by atoms with Gasteiger partial charge in [-0.15, -0.1) is 25.7 Å². The number of likely N-dealkylation sites (tertiary alicyclic amines) is 1. The number of aromatic nitrogens is 4. The van der Waals surface area contributed by atoms with E-state index in [2.05, 4.69) is 132 Å². The number of terminal acetylenes is 2. The van der Waals surface area contributed by atoms with Crippen molar-refractivity contribution in [2.24, 2.45) is 5.92 Å². The van der Waals surface area contributed by atoms with Gasteiger partial charge in [-0.1, -0.05) is 85.1 Å². The van der Waals surface area contributed by atoms with E-state index in [1.165, 1.54) is 49.3 Å². The van der Waals surface area contributed by atoms with Crippen LogP contribution < -0.4 is 10.6 Å². The van der Waals surface area contributed by atoms with Crippen LogP contribution in [0.5, 0.6) is 0 Å². The van der Waals surface area contributed by atoms with Gasteiger partial charge in [-0.25, -0.2) is 19.6 Å². The number of H-pyrrole nitrogens is 2. The Morgan fingerprint density at radius 1 is 0.774 bits per heavy atom. The second-order valence-corrected chi connectivity index (χ2v) is 14.6. The van der Waals surface area contributed by atoms with Crippen molar-refractivity contribution in [3.63, 3.8) is 0 Å². The molecule has 3 heterocycles. The van der Waals surface area contributed by atoms with Gasteiger partial charge in [-0.2, -0.15) is 0 Å². The first-order chi connectivity index (χ1) is 30.0. The van der Waals surface area contributed by atoms with Crippen molar-refractivity contribution in [2.45, 2.75) is 99.1 Å². The molecule has 2 atom stereocenters. The molecular weight excluding hydrogens is 785 g/mol. The molecule has 1 aliphatic carbocycles. The topological polar surface area (TPSA) is 175 Å². The first-order valence-electron chi connectivity index (χ1n) is 21.3. The minimum Gasteiger partial charge on any atom is -0.453 e. The lowest BCUT2D eigenvalue weighted by Crippen LogP contribution is -2.40. The number of benzene rings is 2. The largest absolute Gasteiger partial charge is 0.453 e. The molecule has 0 bridgehead atoms. The summed E-state index contributed by atoms with van der Waals surface area (Å²) in [6, 6.07) is 12.8. The zero-order chi connectivity index (χ0) is 46.2. The Balaban J connectivity index is 0.00000122. The van der Waals surface area contributed by atoms with Gasteiger partial charge in [0.2, 0.25) is 11.8 Å². The highest BCUT2D eigenvalue weighted by Crippen LogP contribution is 2.40. The molecule has 1 fully saturated rings. The van der Waals surface area contributed by atoms with Gasteiger partial charge >= 0.3 is 12.2 Å². The molecule has 4 N–H and O–H groups in total. The van der Waals surface area contributed by atoms with Crippen molar-refractivity contribution in [2.75, 3.05) is 40.4 Å². The lowest BCUT2D eigenvalue weighted by Gasteiger charge is -2.26. The van der Waals surface area contributed by atoms with Crippen molar-refractivity contribution in [1.29, 1.82) is 0 Å². The molecule has 2 aromatic carbocycles. The summed E-state index contributed by atoms with van der Waals surface area (Å²) in [5.41, 5.74) is 8.75. The van der Waals surface area contributed by atoms with E-state index in [0.717, 1.165) is 60.4 Å². The smallest absolute Gasteiger partial charge is 0.407 e. The third kappa shape index (κ3) is 14.0. The SMILES string of the molecule is C#C.C#C.CCC.CCC.CCCN(Cc1ncc(-c2ccc3c(c2)CCc2cc(-c4cnc([C@@H]5[C@H](CC)CCN5C(=O)CNC(=O)OC)[nH]4)ccc2-3)[nH]1)C(=O)CNC(=O)OC. The number of rotatable bonds is 12. The monoisotopic (exact) mass is 851 g/mol. The van der Waals surface area contributed by atoms with E-state index >= 15 is 0 Å². The molecule has 62 heavy (non-hydrogen) atoms. The lowest BCUT2D eigenvalue weighted by molar-refractivity contribution is -0.132. The zero-order valence-corrected chi connectivity index (χ0v) is 37.8. The molecule has 334 valence electrons. The highest BCUT2D eigenvalue weighted by Gasteiger charge is 2.39. The molecule has 1 aliphatic heterocycles. The number of alkyl carbamates (subject to hydrolysis) is 2. The Bertz CT molecular complexity index is 2060. The normalized spacial score (nSPS) is 14.2. The van der Waals surface area contributed by atoms with Crippen LogP contribution >= 0.6 is 0 Å². The predicted molar refractivity (Wildman–Crippen MR) is 246 cm³/mol. The number of hydrogen-bond acceptors (Lipinski definition) is 8. The number of imidazole rings is 2. The lowest BCUT2D eigenvalue weighted by atomic mass is 9.83. The van der Waals surface area contributed by atoms with E-state index < -0.39 is 12.2 Å². The van der Waals surface area contributed by atoms with E-state index in [-0.39, 0.29) is 36.9 Å². The second-order valence-electron chi connectivity index (χ2n) is 14.6. The van der Waals surface area contributed by atoms with Crippen LogP contribution in [0.15, 0.2) is 48.8 Å². The van der Waals surface area contributed by atoms with E-state index in [1.54, 1.807) is 11.1 Å². The summed E-state index contributed by atoms with van der Waals surface area (Å²) in [5.74, 6) is 1.31. The minimum absolute atomic E-state index is 0.122. The molecule has 14 heteroatoms. The fraction of sp³-hybridized carbons (Fsp3) is 0.458. The number of nitrogens with one attached hydrogen (secondary N) is 4. The van der Waals surface area contributed by atoms with Gasteiger partial charge < -0.3 is 39.9 Å². The fourth-order valence-electron chi connectivity index (χ4n) is 7.28. The first-order valence-corrected chi connectivity index (χ1v) is 21.3. The second kappa shape index (κ2) is 27.3. The standard InChI is InChI=1S/C38H46N8O6.2C3H8.2C2H2/c1-5-14-45(33(47)20-41-37(49)51-3)22-32-39-18-30(43-32)26-9-11-28-24(16-26)7-8-25-17-27(10-12-29(25)28)31-19-40-36(44-31)35-23(6-2)13-15-46(35)34(48)21-42-38(50)52-4;2*1-3-2;2*1-2/h9-12,16-19,23,35H,5-8,13-15,20-22H2,1-4H3,(H,39,43)(H,40,44)(H,41,49)(H,42,50);2*3H2,1-2H3;2*1-2H/t23-,35+;;;;/m1..../s1. The predicted octanol–water partition coefficient (Wildman–Crippen LogP) is 8.31. The molecular formula is C48H66N8O6. The zero-order valence-electron chi connectivity index (χ0n) is 37.8. The summed E-state index contributed by atoms with van der Waals surface area (Å²) in [5, 5.41) is 4.95. The Labute approximate surface area is 368 Å². The third-order valence-corrected chi connectivity index (χ3v) is 9.98. The summed E-state index contributed by atoms with van der Waals surface area (Å²) in [6.45, 7) is 13.8. The number of carbonyl (C=O) groups excluding carboxylic acids is 4. The fourth-order valence-corrected chi connectivity index (χ4v) is 7.28. The Morgan fingerprint density at radius 3 is 1.81 bits per heavy atom. The number of methoxy groups -OCH3 is 2. The number of aryl methyl sites for hydroxylation is 2. The van der Waals surface area contributed by atoms with Crippen LogP contribution in [0, 0.1) is 31.6 Å². The summed E-state index contributed by atoms with van der Waals surface area (Å²) in [6.07, 6.45) is 25.2. The molecule has 0 radical (unpaired) electrons. The van der Waals surface area contributed by atoms with Crippen LogP contribution in [0.2, 0.25) is 0 Å². The van der Waals surface area contributed by atoms with Gasteiger partial charge in [0.15, 0.2) is 0 Å². The molecule has 0 saturated carbocycles. The highest BCUT2D eigenvalue weighted by molar-refractivity contribution is 5.83. The average Bonchev–Trinajstić information content (AvgIpc) is 4.09. The summed E-state index contributed by atoms with van der Waals surface area (Å²) < 4.78 is 9.20. The molecule has 1 saturated heterocycles. The molecule has 4 aromatic rings. The van der Waals surface area contributed by atoms with Gasteiger partial charge in [-0.3, -0.25) is 9.59 Å². The van der Waals surface area contributed by atoms with E-state index in [4.69, 9.17) is 4.98 Å². The third-order valence-electron chi connectivity index (χ3n) is 9.98. The van der Waals surface area contributed by atoms with Gasteiger partial charge in [-0.05, 0) is 77.1 Å². The quantitative estimate of drug-likeness (QED) is 0.103. The first kappa shape index (κ1) is 51.6. The molecule has 2 aromatic heterocycles.